The molecule has 5 rings (SSSR count). The van der Waals surface area contributed by atoms with E-state index in [-0.39, 0.29) is 35.0 Å². The minimum Gasteiger partial charge on any atom is -0.395 e. The number of rotatable bonds is 6. The van der Waals surface area contributed by atoms with Gasteiger partial charge in [-0.2, -0.15) is 0 Å². The number of alkyl halides is 2. The zero-order valence-electron chi connectivity index (χ0n) is 18.6. The molecule has 0 spiro atoms. The minimum absolute atomic E-state index is 0.0172. The van der Waals surface area contributed by atoms with Crippen molar-refractivity contribution in [1.82, 2.24) is 0 Å². The zero-order valence-corrected chi connectivity index (χ0v) is 18.6. The molecule has 3 aromatic carbocycles. The monoisotopic (exact) mass is 466 g/mol. The maximum absolute atomic E-state index is 14.0. The molecule has 1 aliphatic carbocycles. The molecule has 1 heterocycles. The third-order valence-corrected chi connectivity index (χ3v) is 6.56. The Kier molecular flexibility index (Phi) is 5.04. The van der Waals surface area contributed by atoms with Crippen LogP contribution in [-0.2, 0) is 16.6 Å². The van der Waals surface area contributed by atoms with Gasteiger partial charge in [-0.25, -0.2) is 4.39 Å². The quantitative estimate of drug-likeness (QED) is 0.408. The summed E-state index contributed by atoms with van der Waals surface area (Å²) in [6.45, 7) is 3.22. The Hall–Kier alpha value is -3.61. The summed E-state index contributed by atoms with van der Waals surface area (Å²) in [4.78, 5) is 25.1. The van der Waals surface area contributed by atoms with E-state index < -0.39 is 17.5 Å². The van der Waals surface area contributed by atoms with Gasteiger partial charge < -0.3 is 9.47 Å². The molecule has 1 aliphatic heterocycles. The molecule has 34 heavy (non-hydrogen) atoms. The van der Waals surface area contributed by atoms with Crippen molar-refractivity contribution in [3.05, 3.63) is 82.7 Å². The van der Waals surface area contributed by atoms with E-state index in [1.807, 2.05) is 25.1 Å². The summed E-state index contributed by atoms with van der Waals surface area (Å²) in [6.07, 6.45) is -2.30. The van der Waals surface area contributed by atoms with Crippen LogP contribution >= 0.6 is 0 Å². The number of hydrogen-bond acceptors (Lipinski definition) is 4. The molecule has 0 N–H and O–H groups in total. The molecule has 2 aliphatic rings. The average Bonchev–Trinajstić information content (AvgIpc) is 3.52. The lowest BCUT2D eigenvalue weighted by Crippen LogP contribution is -2.26. The van der Waals surface area contributed by atoms with Crippen LogP contribution in [0.5, 0.6) is 11.5 Å². The van der Waals surface area contributed by atoms with Crippen LogP contribution in [0.1, 0.15) is 46.8 Å². The summed E-state index contributed by atoms with van der Waals surface area (Å²) in [6, 6.07) is 14.5. The molecule has 3 aromatic rings. The predicted molar refractivity (Wildman–Crippen MR) is 119 cm³/mol. The fourth-order valence-corrected chi connectivity index (χ4v) is 4.51. The second-order valence-electron chi connectivity index (χ2n) is 8.91. The van der Waals surface area contributed by atoms with Crippen molar-refractivity contribution in [2.24, 2.45) is 0 Å². The van der Waals surface area contributed by atoms with Crippen LogP contribution in [0.25, 0.3) is 11.1 Å². The van der Waals surface area contributed by atoms with Crippen molar-refractivity contribution >= 4 is 11.6 Å². The second kappa shape index (κ2) is 7.72. The number of hydrogen-bond donors (Lipinski definition) is 0. The lowest BCUT2D eigenvalue weighted by Gasteiger charge is -2.16. The SMILES string of the molecule is CC(=O)c1cc(-c2cc(CC(=O)C3(c4ccc5c(c4)OC(F)(F)O5)CC3)ccc2C)ccc1F. The number of Topliss-reactive ketones (excluding diaryl/α,β-unsaturated/α-hetero) is 2. The molecule has 0 amide bonds. The number of halogens is 3. The summed E-state index contributed by atoms with van der Waals surface area (Å²) in [5, 5.41) is 0. The van der Waals surface area contributed by atoms with Crippen molar-refractivity contribution in [1.29, 1.82) is 0 Å². The number of ketones is 2. The first kappa shape index (κ1) is 22.2. The van der Waals surface area contributed by atoms with Crippen LogP contribution < -0.4 is 9.47 Å². The van der Waals surface area contributed by atoms with Crippen molar-refractivity contribution < 1.29 is 32.2 Å². The molecule has 0 unspecified atom stereocenters. The van der Waals surface area contributed by atoms with Gasteiger partial charge in [-0.15, -0.1) is 8.78 Å². The number of aryl methyl sites for hydroxylation is 1. The van der Waals surface area contributed by atoms with Crippen LogP contribution in [-0.4, -0.2) is 17.9 Å². The Bertz CT molecular complexity index is 1340. The Balaban J connectivity index is 1.41. The van der Waals surface area contributed by atoms with E-state index in [0.29, 0.717) is 24.0 Å². The van der Waals surface area contributed by atoms with E-state index in [0.717, 1.165) is 16.7 Å². The molecule has 1 saturated carbocycles. The van der Waals surface area contributed by atoms with Crippen LogP contribution in [0.4, 0.5) is 13.2 Å². The van der Waals surface area contributed by atoms with Crippen LogP contribution in [0.2, 0.25) is 0 Å². The molecule has 1 fully saturated rings. The molecule has 0 radical (unpaired) electrons. The van der Waals surface area contributed by atoms with Crippen LogP contribution in [0.15, 0.2) is 54.6 Å². The summed E-state index contributed by atoms with van der Waals surface area (Å²) >= 11 is 0. The fraction of sp³-hybridized carbons (Fsp3) is 0.259. The Labute approximate surface area is 194 Å². The number of fused-ring (bicyclic) bond motifs is 1. The molecule has 0 saturated heterocycles. The van der Waals surface area contributed by atoms with Crippen molar-refractivity contribution in [3.8, 4) is 22.6 Å². The highest BCUT2D eigenvalue weighted by Crippen LogP contribution is 2.52. The summed E-state index contributed by atoms with van der Waals surface area (Å²) in [5.74, 6) is -1.07. The van der Waals surface area contributed by atoms with E-state index in [4.69, 9.17) is 0 Å². The third-order valence-electron chi connectivity index (χ3n) is 6.56. The molecule has 7 heteroatoms. The normalized spacial score (nSPS) is 16.9. The highest BCUT2D eigenvalue weighted by molar-refractivity contribution is 5.96. The maximum atomic E-state index is 14.0. The molecular weight excluding hydrogens is 445 g/mol. The largest absolute Gasteiger partial charge is 0.586 e. The van der Waals surface area contributed by atoms with Gasteiger partial charge in [0.15, 0.2) is 17.3 Å². The van der Waals surface area contributed by atoms with Gasteiger partial charge in [0.2, 0.25) is 0 Å². The van der Waals surface area contributed by atoms with Crippen LogP contribution in [0.3, 0.4) is 0 Å². The van der Waals surface area contributed by atoms with E-state index in [1.54, 1.807) is 12.1 Å². The standard InChI is InChI=1S/C27H21F3O4/c1-15-3-4-17(11-20(15)18-5-7-22(28)21(13-18)16(2)31)12-25(32)26(9-10-26)19-6-8-23-24(14-19)34-27(29,30)33-23/h3-8,11,13-14H,9-10,12H2,1-2H3. The van der Waals surface area contributed by atoms with Gasteiger partial charge in [-0.1, -0.05) is 30.3 Å². The molecule has 174 valence electrons. The minimum atomic E-state index is -3.71. The topological polar surface area (TPSA) is 52.6 Å². The first-order valence-electron chi connectivity index (χ1n) is 10.9. The summed E-state index contributed by atoms with van der Waals surface area (Å²) in [5.41, 5.74) is 3.12. The zero-order chi connectivity index (χ0) is 24.3. The molecule has 0 bridgehead atoms. The lowest BCUT2D eigenvalue weighted by molar-refractivity contribution is -0.286. The Morgan fingerprint density at radius 3 is 2.38 bits per heavy atom. The summed E-state index contributed by atoms with van der Waals surface area (Å²) in [7, 11) is 0. The number of carbonyl (C=O) groups excluding carboxylic acids is 2. The first-order valence-corrected chi connectivity index (χ1v) is 10.9. The lowest BCUT2D eigenvalue weighted by atomic mass is 9.86. The van der Waals surface area contributed by atoms with Crippen molar-refractivity contribution in [2.45, 2.75) is 44.8 Å². The number of carbonyl (C=O) groups is 2. The van der Waals surface area contributed by atoms with E-state index in [1.165, 1.54) is 31.2 Å². The second-order valence-corrected chi connectivity index (χ2v) is 8.91. The third kappa shape index (κ3) is 3.85. The number of ether oxygens (including phenoxy) is 2. The van der Waals surface area contributed by atoms with Gasteiger partial charge in [-0.05, 0) is 78.8 Å². The highest BCUT2D eigenvalue weighted by Gasteiger charge is 2.52. The van der Waals surface area contributed by atoms with Gasteiger partial charge in [0.1, 0.15) is 11.6 Å². The van der Waals surface area contributed by atoms with Crippen molar-refractivity contribution in [3.63, 3.8) is 0 Å². The van der Waals surface area contributed by atoms with Gasteiger partial charge >= 0.3 is 6.29 Å². The molecule has 0 atom stereocenters. The fourth-order valence-electron chi connectivity index (χ4n) is 4.51. The molecule has 0 aromatic heterocycles. The van der Waals surface area contributed by atoms with Gasteiger partial charge in [0.25, 0.3) is 0 Å². The van der Waals surface area contributed by atoms with Gasteiger partial charge in [0, 0.05) is 6.42 Å². The average molecular weight is 466 g/mol. The highest BCUT2D eigenvalue weighted by atomic mass is 19.3. The van der Waals surface area contributed by atoms with E-state index in [9.17, 15) is 22.8 Å². The Morgan fingerprint density at radius 1 is 0.941 bits per heavy atom. The van der Waals surface area contributed by atoms with E-state index >= 15 is 0 Å². The smallest absolute Gasteiger partial charge is 0.395 e. The summed E-state index contributed by atoms with van der Waals surface area (Å²) < 4.78 is 49.7. The maximum Gasteiger partial charge on any atom is 0.586 e. The first-order chi connectivity index (χ1) is 16.1. The van der Waals surface area contributed by atoms with Crippen LogP contribution in [0, 0.1) is 12.7 Å². The predicted octanol–water partition coefficient (Wildman–Crippen LogP) is 6.17. The van der Waals surface area contributed by atoms with Gasteiger partial charge in [-0.3, -0.25) is 9.59 Å². The number of benzene rings is 3. The van der Waals surface area contributed by atoms with Gasteiger partial charge in [0.05, 0.1) is 11.0 Å². The molecule has 4 nitrogen and oxygen atoms in total. The Morgan fingerprint density at radius 2 is 1.68 bits per heavy atom. The molecular formula is C27H21F3O4. The van der Waals surface area contributed by atoms with Crippen molar-refractivity contribution in [2.75, 3.05) is 0 Å². The van der Waals surface area contributed by atoms with E-state index in [2.05, 4.69) is 9.47 Å².